The summed E-state index contributed by atoms with van der Waals surface area (Å²) < 4.78 is 11.9. The molecule has 0 aliphatic heterocycles. The topological polar surface area (TPSA) is 18.5 Å². The molecule has 126 valence electrons. The Hall–Kier alpha value is -0.526. The zero-order chi connectivity index (χ0) is 17.7. The summed E-state index contributed by atoms with van der Waals surface area (Å²) in [5.74, 6) is 11.7. The molecule has 0 saturated heterocycles. The second-order valence-corrected chi connectivity index (χ2v) is 18.3. The standard InChI is InChI=1S/C18H34O2Si2/c1-17(2,3)21(7,8)19-15-13-11-12-14-16-20-22(9,10)18(4,5)6/h15-16H2,1-10H3. The predicted molar refractivity (Wildman–Crippen MR) is 102 cm³/mol. The molecule has 0 atom stereocenters. The summed E-state index contributed by atoms with van der Waals surface area (Å²) >= 11 is 0. The summed E-state index contributed by atoms with van der Waals surface area (Å²) in [5, 5.41) is 0.439. The highest BCUT2D eigenvalue weighted by atomic mass is 28.4. The third kappa shape index (κ3) is 7.16. The summed E-state index contributed by atoms with van der Waals surface area (Å²) in [7, 11) is -3.39. The van der Waals surface area contributed by atoms with Crippen molar-refractivity contribution in [2.24, 2.45) is 0 Å². The lowest BCUT2D eigenvalue weighted by Crippen LogP contribution is -2.40. The maximum absolute atomic E-state index is 5.97. The predicted octanol–water partition coefficient (Wildman–Crippen LogP) is 5.04. The molecule has 0 aromatic rings. The molecule has 0 aliphatic rings. The SMILES string of the molecule is CC(C)(C)[Si](C)(C)OCC#CC#CCO[Si](C)(C)C(C)(C)C. The Labute approximate surface area is 140 Å². The van der Waals surface area contributed by atoms with Crippen LogP contribution in [0.3, 0.4) is 0 Å². The quantitative estimate of drug-likeness (QED) is 0.528. The summed E-state index contributed by atoms with van der Waals surface area (Å²) in [5.41, 5.74) is 0. The highest BCUT2D eigenvalue weighted by Crippen LogP contribution is 2.37. The van der Waals surface area contributed by atoms with Crippen LogP contribution in [0.25, 0.3) is 0 Å². The molecule has 0 rings (SSSR count). The molecule has 0 saturated carbocycles. The van der Waals surface area contributed by atoms with Gasteiger partial charge in [-0.25, -0.2) is 0 Å². The van der Waals surface area contributed by atoms with Crippen LogP contribution in [0.15, 0.2) is 0 Å². The normalized spacial score (nSPS) is 13.0. The highest BCUT2D eigenvalue weighted by Gasteiger charge is 2.37. The van der Waals surface area contributed by atoms with Gasteiger partial charge >= 0.3 is 0 Å². The van der Waals surface area contributed by atoms with Crippen LogP contribution in [0.5, 0.6) is 0 Å². The van der Waals surface area contributed by atoms with Gasteiger partial charge in [0.15, 0.2) is 16.6 Å². The summed E-state index contributed by atoms with van der Waals surface area (Å²) in [6.45, 7) is 23.2. The lowest BCUT2D eigenvalue weighted by Gasteiger charge is -2.35. The van der Waals surface area contributed by atoms with E-state index in [-0.39, 0.29) is 10.1 Å². The van der Waals surface area contributed by atoms with Gasteiger partial charge < -0.3 is 8.85 Å². The van der Waals surface area contributed by atoms with Crippen LogP contribution in [0.4, 0.5) is 0 Å². The van der Waals surface area contributed by atoms with E-state index in [1.165, 1.54) is 0 Å². The average Bonchev–Trinajstić information content (AvgIpc) is 2.29. The third-order valence-electron chi connectivity index (χ3n) is 4.86. The van der Waals surface area contributed by atoms with E-state index in [1.807, 2.05) is 0 Å². The van der Waals surface area contributed by atoms with Crippen molar-refractivity contribution < 1.29 is 8.85 Å². The first-order valence-corrected chi connectivity index (χ1v) is 13.8. The van der Waals surface area contributed by atoms with Crippen LogP contribution < -0.4 is 0 Å². The van der Waals surface area contributed by atoms with E-state index in [0.29, 0.717) is 13.2 Å². The van der Waals surface area contributed by atoms with Gasteiger partial charge in [0.1, 0.15) is 0 Å². The number of rotatable bonds is 4. The molecule has 0 bridgehead atoms. The summed E-state index contributed by atoms with van der Waals surface area (Å²) in [6, 6.07) is 0. The molecule has 4 heteroatoms. The van der Waals surface area contributed by atoms with E-state index in [4.69, 9.17) is 8.85 Å². The maximum atomic E-state index is 5.97. The van der Waals surface area contributed by atoms with E-state index in [0.717, 1.165) is 0 Å². The Balaban J connectivity index is 4.26. The Morgan fingerprint density at radius 3 is 1.14 bits per heavy atom. The molecule has 0 amide bonds. The van der Waals surface area contributed by atoms with Gasteiger partial charge in [0, 0.05) is 0 Å². The van der Waals surface area contributed by atoms with Crippen molar-refractivity contribution in [3.63, 3.8) is 0 Å². The molecule has 0 spiro atoms. The van der Waals surface area contributed by atoms with Crippen LogP contribution in [0.1, 0.15) is 41.5 Å². The largest absolute Gasteiger partial charge is 0.406 e. The van der Waals surface area contributed by atoms with E-state index in [1.54, 1.807) is 0 Å². The molecule has 2 nitrogen and oxygen atoms in total. The van der Waals surface area contributed by atoms with Crippen molar-refractivity contribution in [1.29, 1.82) is 0 Å². The number of hydrogen-bond acceptors (Lipinski definition) is 2. The zero-order valence-electron chi connectivity index (χ0n) is 16.2. The fourth-order valence-electron chi connectivity index (χ4n) is 1.03. The first-order valence-electron chi connectivity index (χ1n) is 7.94. The van der Waals surface area contributed by atoms with Crippen LogP contribution in [-0.2, 0) is 8.85 Å². The Kier molecular flexibility index (Phi) is 7.65. The Bertz CT molecular complexity index is 426. The highest BCUT2D eigenvalue weighted by molar-refractivity contribution is 6.74. The van der Waals surface area contributed by atoms with Gasteiger partial charge in [0.2, 0.25) is 0 Å². The van der Waals surface area contributed by atoms with E-state index < -0.39 is 16.6 Å². The molecule has 0 aliphatic carbocycles. The second-order valence-electron chi connectivity index (χ2n) is 8.70. The van der Waals surface area contributed by atoms with Crippen molar-refractivity contribution in [1.82, 2.24) is 0 Å². The molecule has 0 heterocycles. The van der Waals surface area contributed by atoms with Gasteiger partial charge in [-0.05, 0) is 48.1 Å². The van der Waals surface area contributed by atoms with Crippen LogP contribution in [-0.4, -0.2) is 29.8 Å². The second kappa shape index (κ2) is 7.84. The number of hydrogen-bond donors (Lipinski definition) is 0. The lowest BCUT2D eigenvalue weighted by molar-refractivity contribution is 0.334. The van der Waals surface area contributed by atoms with Gasteiger partial charge in [0.25, 0.3) is 0 Å². The third-order valence-corrected chi connectivity index (χ3v) is 13.8. The molecule has 0 fully saturated rings. The van der Waals surface area contributed by atoms with Crippen molar-refractivity contribution in [2.45, 2.75) is 77.8 Å². The van der Waals surface area contributed by atoms with E-state index in [2.05, 4.69) is 91.4 Å². The fraction of sp³-hybridized carbons (Fsp3) is 0.778. The monoisotopic (exact) mass is 338 g/mol. The minimum atomic E-state index is -1.70. The molecule has 0 radical (unpaired) electrons. The van der Waals surface area contributed by atoms with Gasteiger partial charge in [-0.15, -0.1) is 0 Å². The lowest BCUT2D eigenvalue weighted by atomic mass is 10.2. The summed E-state index contributed by atoms with van der Waals surface area (Å²) in [4.78, 5) is 0. The van der Waals surface area contributed by atoms with E-state index in [9.17, 15) is 0 Å². The van der Waals surface area contributed by atoms with Crippen LogP contribution in [0, 0.1) is 23.7 Å². The molecule has 0 unspecified atom stereocenters. The van der Waals surface area contributed by atoms with E-state index >= 15 is 0 Å². The molecule has 0 N–H and O–H groups in total. The molecular formula is C18H34O2Si2. The first-order chi connectivity index (χ1) is 9.71. The van der Waals surface area contributed by atoms with Gasteiger partial charge in [0.05, 0.1) is 13.2 Å². The van der Waals surface area contributed by atoms with Crippen molar-refractivity contribution in [2.75, 3.05) is 13.2 Å². The minimum Gasteiger partial charge on any atom is -0.406 e. The fourth-order valence-corrected chi connectivity index (χ4v) is 2.76. The minimum absolute atomic E-state index is 0.220. The van der Waals surface area contributed by atoms with Gasteiger partial charge in [-0.1, -0.05) is 53.4 Å². The van der Waals surface area contributed by atoms with Gasteiger partial charge in [-0.3, -0.25) is 0 Å². The molecule has 22 heavy (non-hydrogen) atoms. The van der Waals surface area contributed by atoms with Crippen LogP contribution in [0.2, 0.25) is 36.3 Å². The Morgan fingerprint density at radius 2 is 0.909 bits per heavy atom. The van der Waals surface area contributed by atoms with Crippen molar-refractivity contribution in [3.05, 3.63) is 0 Å². The molecular weight excluding hydrogens is 304 g/mol. The zero-order valence-corrected chi connectivity index (χ0v) is 18.2. The molecule has 0 aromatic carbocycles. The van der Waals surface area contributed by atoms with Gasteiger partial charge in [-0.2, -0.15) is 0 Å². The van der Waals surface area contributed by atoms with Crippen LogP contribution >= 0.6 is 0 Å². The maximum Gasteiger partial charge on any atom is 0.193 e. The van der Waals surface area contributed by atoms with Crippen molar-refractivity contribution in [3.8, 4) is 23.7 Å². The first kappa shape index (κ1) is 21.5. The smallest absolute Gasteiger partial charge is 0.193 e. The van der Waals surface area contributed by atoms with Crippen molar-refractivity contribution >= 4 is 16.6 Å². The average molecular weight is 339 g/mol. The summed E-state index contributed by atoms with van der Waals surface area (Å²) in [6.07, 6.45) is 0. The molecule has 0 aromatic heterocycles. The Morgan fingerprint density at radius 1 is 0.636 bits per heavy atom.